The fourth-order valence-corrected chi connectivity index (χ4v) is 4.26. The number of aryl methyl sites for hydroxylation is 1. The predicted molar refractivity (Wildman–Crippen MR) is 135 cm³/mol. The minimum atomic E-state index is -5.00. The highest BCUT2D eigenvalue weighted by Gasteiger charge is 2.23. The average molecular weight is 579 g/mol. The van der Waals surface area contributed by atoms with Crippen LogP contribution in [-0.4, -0.2) is 48.1 Å². The Morgan fingerprint density at radius 2 is 1.21 bits per heavy atom. The normalized spacial score (nSPS) is 12.3. The van der Waals surface area contributed by atoms with Crippen molar-refractivity contribution in [2.24, 2.45) is 20.5 Å². The first-order valence-electron chi connectivity index (χ1n) is 10.2. The van der Waals surface area contributed by atoms with E-state index in [1.807, 2.05) is 0 Å². The first kappa shape index (κ1) is 28.8. The van der Waals surface area contributed by atoms with E-state index in [-0.39, 0.29) is 11.3 Å². The molecule has 39 heavy (non-hydrogen) atoms. The number of benzene rings is 3. The van der Waals surface area contributed by atoms with Gasteiger partial charge in [0.25, 0.3) is 20.2 Å². The highest BCUT2D eigenvalue weighted by molar-refractivity contribution is 7.86. The van der Waals surface area contributed by atoms with Crippen LogP contribution in [0.2, 0.25) is 0 Å². The average Bonchev–Trinajstić information content (AvgIpc) is 2.82. The van der Waals surface area contributed by atoms with Gasteiger partial charge in [0.2, 0.25) is 0 Å². The van der Waals surface area contributed by atoms with E-state index in [1.54, 1.807) is 6.92 Å². The summed E-state index contributed by atoms with van der Waals surface area (Å²) in [6.45, 7) is 1.64. The number of hydrogen-bond acceptors (Lipinski definition) is 12. The molecule has 3 aromatic rings. The van der Waals surface area contributed by atoms with Crippen molar-refractivity contribution in [1.29, 1.82) is 0 Å². The van der Waals surface area contributed by atoms with Crippen LogP contribution < -0.4 is 11.5 Å². The molecule has 0 aliphatic carbocycles. The van der Waals surface area contributed by atoms with Crippen LogP contribution in [0.25, 0.3) is 0 Å². The van der Waals surface area contributed by atoms with Crippen molar-refractivity contribution in [3.8, 4) is 0 Å². The van der Waals surface area contributed by atoms with E-state index in [0.717, 1.165) is 12.1 Å². The Hall–Kier alpha value is -4.78. The molecule has 0 unspecified atom stereocenters. The van der Waals surface area contributed by atoms with Crippen LogP contribution in [-0.2, 0) is 20.2 Å². The highest BCUT2D eigenvalue weighted by atomic mass is 32.2. The molecule has 0 saturated carbocycles. The zero-order valence-corrected chi connectivity index (χ0v) is 21.2. The number of nitrogen functional groups attached to an aromatic ring is 2. The fraction of sp³-hybridized carbons (Fsp3) is 0.0476. The van der Waals surface area contributed by atoms with Gasteiger partial charge in [-0.05, 0) is 43.3 Å². The van der Waals surface area contributed by atoms with Crippen molar-refractivity contribution in [3.63, 3.8) is 0 Å². The maximum absolute atomic E-state index is 11.9. The van der Waals surface area contributed by atoms with E-state index in [0.29, 0.717) is 17.7 Å². The summed E-state index contributed by atoms with van der Waals surface area (Å²) in [7, 11) is -9.74. The Bertz CT molecular complexity index is 1800. The summed E-state index contributed by atoms with van der Waals surface area (Å²) in [5.74, 6) is -2.97. The number of rotatable bonds is 8. The maximum Gasteiger partial charge on any atom is 0.338 e. The van der Waals surface area contributed by atoms with Crippen molar-refractivity contribution in [3.05, 3.63) is 59.2 Å². The molecular weight excluding hydrogens is 560 g/mol. The smallest absolute Gasteiger partial charge is 0.338 e. The van der Waals surface area contributed by atoms with Gasteiger partial charge in [-0.3, -0.25) is 9.11 Å². The van der Waals surface area contributed by atoms with Crippen LogP contribution in [0, 0.1) is 6.92 Å². The van der Waals surface area contributed by atoms with Gasteiger partial charge < -0.3 is 21.7 Å². The van der Waals surface area contributed by atoms with Gasteiger partial charge in [0, 0.05) is 0 Å². The Labute approximate surface area is 219 Å². The number of aromatic carboxylic acids is 2. The van der Waals surface area contributed by atoms with E-state index in [9.17, 15) is 41.2 Å². The Morgan fingerprint density at radius 3 is 1.74 bits per heavy atom. The molecule has 8 N–H and O–H groups in total. The maximum atomic E-state index is 11.9. The van der Waals surface area contributed by atoms with Gasteiger partial charge in [0.15, 0.2) is 0 Å². The summed E-state index contributed by atoms with van der Waals surface area (Å²) in [5, 5.41) is 33.7. The molecule has 0 saturated heterocycles. The standard InChI is InChI=1S/C21H18N6O10S2/c1-9-2-4-13(11(6-9)20(28)29)25-27-19-17(22)15(8-16(18(19)23)39(35,36)37)26-24-14-5-3-10(38(32,33)34)7-12(14)21(30)31/h2-8H,22-23H2,1H3,(H,28,29)(H,30,31)(H,32,33,34)(H,35,36,37). The summed E-state index contributed by atoms with van der Waals surface area (Å²) < 4.78 is 65.3. The SMILES string of the molecule is Cc1ccc(N=Nc2c(N)c(N=Nc3ccc(S(=O)(=O)O)cc3C(=O)O)cc(S(=O)(=O)O)c2N)c(C(=O)O)c1. The second-order valence-corrected chi connectivity index (χ2v) is 10.5. The van der Waals surface area contributed by atoms with E-state index >= 15 is 0 Å². The van der Waals surface area contributed by atoms with Gasteiger partial charge in [0.05, 0.1) is 27.4 Å². The van der Waals surface area contributed by atoms with E-state index < -0.39 is 76.0 Å². The zero-order chi connectivity index (χ0) is 29.3. The second kappa shape index (κ2) is 10.5. The number of nitrogens with two attached hydrogens (primary N) is 2. The van der Waals surface area contributed by atoms with Crippen molar-refractivity contribution in [1.82, 2.24) is 0 Å². The molecule has 3 aromatic carbocycles. The molecule has 0 fully saturated rings. The van der Waals surface area contributed by atoms with Gasteiger partial charge >= 0.3 is 11.9 Å². The molecule has 204 valence electrons. The monoisotopic (exact) mass is 578 g/mol. The number of anilines is 2. The summed E-state index contributed by atoms with van der Waals surface area (Å²) in [4.78, 5) is 21.5. The van der Waals surface area contributed by atoms with Gasteiger partial charge in [-0.25, -0.2) is 9.59 Å². The first-order chi connectivity index (χ1) is 18.0. The summed E-state index contributed by atoms with van der Waals surface area (Å²) in [6.07, 6.45) is 0. The van der Waals surface area contributed by atoms with Crippen LogP contribution in [0.4, 0.5) is 34.1 Å². The molecule has 0 aromatic heterocycles. The van der Waals surface area contributed by atoms with Crippen molar-refractivity contribution in [2.45, 2.75) is 16.7 Å². The van der Waals surface area contributed by atoms with Crippen LogP contribution >= 0.6 is 0 Å². The molecule has 0 atom stereocenters. The lowest BCUT2D eigenvalue weighted by Gasteiger charge is -2.11. The summed E-state index contributed by atoms with van der Waals surface area (Å²) >= 11 is 0. The lowest BCUT2D eigenvalue weighted by molar-refractivity contribution is 0.0686. The predicted octanol–water partition coefficient (Wildman–Crippen LogP) is 3.88. The number of nitrogens with zero attached hydrogens (tertiary/aromatic N) is 4. The molecule has 16 nitrogen and oxygen atoms in total. The third kappa shape index (κ3) is 6.38. The topological polar surface area (TPSA) is 285 Å². The molecule has 18 heteroatoms. The highest BCUT2D eigenvalue weighted by Crippen LogP contribution is 2.43. The summed E-state index contributed by atoms with van der Waals surface area (Å²) in [6, 6.07) is 7.24. The van der Waals surface area contributed by atoms with E-state index in [2.05, 4.69) is 20.5 Å². The molecule has 0 radical (unpaired) electrons. The number of hydrogen-bond donors (Lipinski definition) is 6. The minimum Gasteiger partial charge on any atom is -0.478 e. The van der Waals surface area contributed by atoms with Crippen molar-refractivity contribution < 1.29 is 45.7 Å². The second-order valence-electron chi connectivity index (χ2n) is 7.73. The zero-order valence-electron chi connectivity index (χ0n) is 19.5. The Balaban J connectivity index is 2.20. The molecule has 0 amide bonds. The van der Waals surface area contributed by atoms with Crippen LogP contribution in [0.5, 0.6) is 0 Å². The molecule has 0 aliphatic rings. The van der Waals surface area contributed by atoms with Gasteiger partial charge in [-0.15, -0.1) is 20.5 Å². The van der Waals surface area contributed by atoms with E-state index in [1.165, 1.54) is 18.2 Å². The number of azo groups is 2. The van der Waals surface area contributed by atoms with Crippen LogP contribution in [0.1, 0.15) is 26.3 Å². The molecule has 3 rings (SSSR count). The van der Waals surface area contributed by atoms with Crippen molar-refractivity contribution in [2.75, 3.05) is 11.5 Å². The van der Waals surface area contributed by atoms with Crippen molar-refractivity contribution >= 4 is 66.3 Å². The third-order valence-corrected chi connectivity index (χ3v) is 6.74. The molecule has 0 heterocycles. The lowest BCUT2D eigenvalue weighted by Crippen LogP contribution is -2.05. The Morgan fingerprint density at radius 1 is 0.692 bits per heavy atom. The molecule has 0 aliphatic heterocycles. The quantitative estimate of drug-likeness (QED) is 0.126. The first-order valence-corrected chi connectivity index (χ1v) is 13.1. The van der Waals surface area contributed by atoms with E-state index in [4.69, 9.17) is 16.0 Å². The summed E-state index contributed by atoms with van der Waals surface area (Å²) in [5.41, 5.74) is 8.84. The third-order valence-electron chi connectivity index (χ3n) is 5.00. The van der Waals surface area contributed by atoms with Gasteiger partial charge in [-0.1, -0.05) is 11.6 Å². The number of carbonyl (C=O) groups is 2. The van der Waals surface area contributed by atoms with Crippen LogP contribution in [0.3, 0.4) is 0 Å². The fourth-order valence-electron chi connectivity index (χ4n) is 3.12. The molecule has 0 bridgehead atoms. The lowest BCUT2D eigenvalue weighted by atomic mass is 10.1. The minimum absolute atomic E-state index is 0.141. The van der Waals surface area contributed by atoms with Gasteiger partial charge in [-0.2, -0.15) is 16.8 Å². The largest absolute Gasteiger partial charge is 0.478 e. The Kier molecular flexibility index (Phi) is 7.77. The molecule has 0 spiro atoms. The van der Waals surface area contributed by atoms with Crippen LogP contribution in [0.15, 0.2) is 72.7 Å². The molecular formula is C21H18N6O10S2. The van der Waals surface area contributed by atoms with Gasteiger partial charge in [0.1, 0.15) is 27.6 Å². The number of carboxylic acids is 2. The number of carboxylic acid groups (broad SMARTS) is 2.